The van der Waals surface area contributed by atoms with Gasteiger partial charge in [0.25, 0.3) is 12.3 Å². The number of piperazine rings is 1. The van der Waals surface area contributed by atoms with Crippen molar-refractivity contribution in [1.29, 1.82) is 0 Å². The Balaban J connectivity index is 1.46. The standard InChI is InChI=1S/C32H43F2N5O3/c1-4-23-21-38(31(41)32(30(33)34)15-8-9-16-32)18-19-39(23)26-13-12-25(24-10-6-7-11-27(24)42-5-2)36-28(26)29(40)35-22-14-17-37(3)20-22/h6-7,10-13,22-23,30H,4-5,8-9,14-21H2,1-3H3,(H,35,40)/t22-,23-/m1/s1. The molecule has 2 aliphatic heterocycles. The number of likely N-dealkylation sites (N-methyl/N-ethyl adjacent to an activating group) is 1. The van der Waals surface area contributed by atoms with Gasteiger partial charge in [-0.15, -0.1) is 0 Å². The van der Waals surface area contributed by atoms with Crippen molar-refractivity contribution >= 4 is 17.5 Å². The van der Waals surface area contributed by atoms with Crippen molar-refractivity contribution < 1.29 is 23.1 Å². The third kappa shape index (κ3) is 5.96. The third-order valence-corrected chi connectivity index (χ3v) is 9.17. The minimum atomic E-state index is -2.66. The van der Waals surface area contributed by atoms with E-state index in [-0.39, 0.29) is 30.8 Å². The Morgan fingerprint density at radius 1 is 1.07 bits per heavy atom. The highest BCUT2D eigenvalue weighted by molar-refractivity contribution is 5.99. The normalized spacial score (nSPS) is 22.5. The van der Waals surface area contributed by atoms with Gasteiger partial charge in [0.1, 0.15) is 11.2 Å². The Hall–Kier alpha value is -3.27. The molecule has 1 saturated carbocycles. The van der Waals surface area contributed by atoms with Gasteiger partial charge < -0.3 is 24.8 Å². The maximum absolute atomic E-state index is 14.2. The number of ether oxygens (including phenoxy) is 1. The largest absolute Gasteiger partial charge is 0.493 e. The molecular formula is C32H43F2N5O3. The number of nitrogens with zero attached hydrogens (tertiary/aromatic N) is 4. The van der Waals surface area contributed by atoms with Crippen LogP contribution in [0.15, 0.2) is 36.4 Å². The van der Waals surface area contributed by atoms with E-state index in [0.29, 0.717) is 68.3 Å². The van der Waals surface area contributed by atoms with Gasteiger partial charge in [0, 0.05) is 43.8 Å². The van der Waals surface area contributed by atoms with Crippen LogP contribution in [0.25, 0.3) is 11.3 Å². The van der Waals surface area contributed by atoms with E-state index in [4.69, 9.17) is 9.72 Å². The summed E-state index contributed by atoms with van der Waals surface area (Å²) in [6, 6.07) is 11.4. The monoisotopic (exact) mass is 583 g/mol. The lowest BCUT2D eigenvalue weighted by molar-refractivity contribution is -0.152. The molecule has 2 atom stereocenters. The van der Waals surface area contributed by atoms with Crippen LogP contribution in [0.4, 0.5) is 14.5 Å². The van der Waals surface area contributed by atoms with Crippen molar-refractivity contribution in [1.82, 2.24) is 20.1 Å². The first-order valence-electron chi connectivity index (χ1n) is 15.3. The van der Waals surface area contributed by atoms with E-state index in [1.54, 1.807) is 4.90 Å². The highest BCUT2D eigenvalue weighted by Gasteiger charge is 2.51. The van der Waals surface area contributed by atoms with Crippen LogP contribution < -0.4 is 15.0 Å². The topological polar surface area (TPSA) is 78.0 Å². The van der Waals surface area contributed by atoms with E-state index in [9.17, 15) is 18.4 Å². The number of hydrogen-bond acceptors (Lipinski definition) is 6. The molecule has 2 aromatic rings. The molecular weight excluding hydrogens is 540 g/mol. The fraction of sp³-hybridized carbons (Fsp3) is 0.594. The number of carbonyl (C=O) groups is 2. The fourth-order valence-corrected chi connectivity index (χ4v) is 6.82. The molecule has 1 N–H and O–H groups in total. The van der Waals surface area contributed by atoms with E-state index in [2.05, 4.69) is 15.1 Å². The molecule has 0 radical (unpaired) electrons. The number of alkyl halides is 2. The molecule has 0 unspecified atom stereocenters. The van der Waals surface area contributed by atoms with Crippen molar-refractivity contribution in [3.05, 3.63) is 42.1 Å². The molecule has 1 aliphatic carbocycles. The first-order chi connectivity index (χ1) is 20.3. The van der Waals surface area contributed by atoms with E-state index in [1.807, 2.05) is 57.3 Å². The average molecular weight is 584 g/mol. The number of pyridine rings is 1. The maximum Gasteiger partial charge on any atom is 0.272 e. The third-order valence-electron chi connectivity index (χ3n) is 9.17. The van der Waals surface area contributed by atoms with Crippen molar-refractivity contribution in [2.24, 2.45) is 5.41 Å². The zero-order chi connectivity index (χ0) is 29.9. The Bertz CT molecular complexity index is 1270. The number of likely N-dealkylation sites (tertiary alicyclic amines) is 1. The van der Waals surface area contributed by atoms with E-state index in [0.717, 1.165) is 25.1 Å². The molecule has 0 spiro atoms. The van der Waals surface area contributed by atoms with Crippen molar-refractivity contribution in [3.63, 3.8) is 0 Å². The van der Waals surface area contributed by atoms with Crippen LogP contribution in [0.1, 0.15) is 62.9 Å². The Labute approximate surface area is 247 Å². The lowest BCUT2D eigenvalue weighted by Gasteiger charge is -2.45. The summed E-state index contributed by atoms with van der Waals surface area (Å²) in [7, 11) is 2.04. The van der Waals surface area contributed by atoms with E-state index < -0.39 is 17.7 Å². The van der Waals surface area contributed by atoms with Crippen LogP contribution in [0.5, 0.6) is 5.75 Å². The summed E-state index contributed by atoms with van der Waals surface area (Å²) >= 11 is 0. The summed E-state index contributed by atoms with van der Waals surface area (Å²) in [4.78, 5) is 38.2. The quantitative estimate of drug-likeness (QED) is 0.456. The lowest BCUT2D eigenvalue weighted by Crippen LogP contribution is -2.58. The number of halogens is 2. The Morgan fingerprint density at radius 2 is 1.83 bits per heavy atom. The number of aromatic nitrogens is 1. The molecule has 42 heavy (non-hydrogen) atoms. The highest BCUT2D eigenvalue weighted by atomic mass is 19.3. The van der Waals surface area contributed by atoms with Gasteiger partial charge >= 0.3 is 0 Å². The molecule has 10 heteroatoms. The Morgan fingerprint density at radius 3 is 2.50 bits per heavy atom. The lowest BCUT2D eigenvalue weighted by atomic mass is 9.84. The predicted molar refractivity (Wildman–Crippen MR) is 159 cm³/mol. The van der Waals surface area contributed by atoms with E-state index in [1.165, 1.54) is 0 Å². The van der Waals surface area contributed by atoms with E-state index >= 15 is 0 Å². The van der Waals surface area contributed by atoms with Gasteiger partial charge in [-0.3, -0.25) is 9.59 Å². The first kappa shape index (κ1) is 30.2. The molecule has 0 bridgehead atoms. The van der Waals surface area contributed by atoms with Gasteiger partial charge in [0.2, 0.25) is 5.91 Å². The number of nitrogens with one attached hydrogen (secondary N) is 1. The van der Waals surface area contributed by atoms with Crippen LogP contribution in [0.2, 0.25) is 0 Å². The number of para-hydroxylation sites is 1. The van der Waals surface area contributed by atoms with Crippen molar-refractivity contribution in [2.75, 3.05) is 51.3 Å². The summed E-state index contributed by atoms with van der Waals surface area (Å²) in [5, 5.41) is 3.19. The molecule has 8 nitrogen and oxygen atoms in total. The number of carbonyl (C=O) groups excluding carboxylic acids is 2. The summed E-state index contributed by atoms with van der Waals surface area (Å²) < 4.78 is 34.2. The second-order valence-corrected chi connectivity index (χ2v) is 11.9. The molecule has 1 aromatic heterocycles. The van der Waals surface area contributed by atoms with Crippen LogP contribution in [0.3, 0.4) is 0 Å². The second kappa shape index (κ2) is 12.9. The Kier molecular flexibility index (Phi) is 9.30. The van der Waals surface area contributed by atoms with Crippen LogP contribution in [0, 0.1) is 5.41 Å². The summed E-state index contributed by atoms with van der Waals surface area (Å²) in [6.07, 6.45) is 0.710. The number of benzene rings is 1. The fourth-order valence-electron chi connectivity index (χ4n) is 6.82. The van der Waals surface area contributed by atoms with Crippen LogP contribution >= 0.6 is 0 Å². The minimum absolute atomic E-state index is 0.0323. The molecule has 5 rings (SSSR count). The zero-order valence-electron chi connectivity index (χ0n) is 25.0. The number of rotatable bonds is 9. The van der Waals surface area contributed by atoms with Crippen LogP contribution in [-0.2, 0) is 4.79 Å². The van der Waals surface area contributed by atoms with Gasteiger partial charge in [0.15, 0.2) is 5.69 Å². The second-order valence-electron chi connectivity index (χ2n) is 11.9. The number of anilines is 1. The van der Waals surface area contributed by atoms with Crippen molar-refractivity contribution in [3.8, 4) is 17.0 Å². The molecule has 3 fully saturated rings. The molecule has 2 amide bonds. The first-order valence-corrected chi connectivity index (χ1v) is 15.3. The predicted octanol–water partition coefficient (Wildman–Crippen LogP) is 4.83. The summed E-state index contributed by atoms with van der Waals surface area (Å²) in [6.45, 7) is 7.26. The van der Waals surface area contributed by atoms with Gasteiger partial charge in [-0.25, -0.2) is 13.8 Å². The number of amides is 2. The number of hydrogen-bond donors (Lipinski definition) is 1. The van der Waals surface area contributed by atoms with Crippen molar-refractivity contribution in [2.45, 2.75) is 70.9 Å². The smallest absolute Gasteiger partial charge is 0.272 e. The van der Waals surface area contributed by atoms with Gasteiger partial charge in [-0.1, -0.05) is 31.9 Å². The molecule has 3 aliphatic rings. The van der Waals surface area contributed by atoms with Gasteiger partial charge in [-0.2, -0.15) is 0 Å². The highest BCUT2D eigenvalue weighted by Crippen LogP contribution is 2.45. The average Bonchev–Trinajstić information content (AvgIpc) is 3.66. The molecule has 1 aromatic carbocycles. The van der Waals surface area contributed by atoms with Crippen LogP contribution in [-0.4, -0.2) is 91.5 Å². The maximum atomic E-state index is 14.2. The summed E-state index contributed by atoms with van der Waals surface area (Å²) in [5.74, 6) is 0.0388. The SMILES string of the molecule is CCOc1ccccc1-c1ccc(N2CCN(C(=O)C3(C(F)F)CCCC3)C[C@H]2CC)c(C(=O)N[C@@H]2CCN(C)C2)n1. The summed E-state index contributed by atoms with van der Waals surface area (Å²) in [5.41, 5.74) is 0.901. The van der Waals surface area contributed by atoms with Gasteiger partial charge in [-0.05, 0) is 70.5 Å². The minimum Gasteiger partial charge on any atom is -0.493 e. The molecule has 3 heterocycles. The van der Waals surface area contributed by atoms with Gasteiger partial charge in [0.05, 0.1) is 18.0 Å². The molecule has 228 valence electrons. The zero-order valence-corrected chi connectivity index (χ0v) is 25.0. The molecule has 2 saturated heterocycles.